The number of rotatable bonds is 4. The molecule has 4 aliphatic heterocycles. The van der Waals surface area contributed by atoms with E-state index < -0.39 is 17.4 Å². The Labute approximate surface area is 164 Å². The van der Waals surface area contributed by atoms with Crippen LogP contribution in [0, 0.1) is 0 Å². The summed E-state index contributed by atoms with van der Waals surface area (Å²) in [5, 5.41) is 0. The van der Waals surface area contributed by atoms with Crippen LogP contribution >= 0.6 is 0 Å². The first-order chi connectivity index (χ1) is 13.4. The summed E-state index contributed by atoms with van der Waals surface area (Å²) in [4.78, 5) is 42.6. The Morgan fingerprint density at radius 1 is 1.18 bits per heavy atom. The average molecular weight is 392 g/mol. The van der Waals surface area contributed by atoms with Gasteiger partial charge in [0.05, 0.1) is 19.3 Å². The molecule has 2 amide bonds. The van der Waals surface area contributed by atoms with E-state index in [0.717, 1.165) is 6.42 Å². The van der Waals surface area contributed by atoms with E-state index in [1.165, 1.54) is 0 Å². The number of carbonyl (C=O) groups is 3. The number of hydrogen-bond donors (Lipinski definition) is 0. The Morgan fingerprint density at radius 3 is 2.46 bits per heavy atom. The van der Waals surface area contributed by atoms with Crippen LogP contribution in [0.3, 0.4) is 0 Å². The molecule has 2 saturated heterocycles. The van der Waals surface area contributed by atoms with Crippen molar-refractivity contribution >= 4 is 17.8 Å². The zero-order chi connectivity index (χ0) is 20.1. The quantitative estimate of drug-likeness (QED) is 0.524. The Bertz CT molecular complexity index is 737. The van der Waals surface area contributed by atoms with Gasteiger partial charge in [0.15, 0.2) is 5.79 Å². The van der Waals surface area contributed by atoms with Gasteiger partial charge < -0.3 is 24.0 Å². The molecule has 28 heavy (non-hydrogen) atoms. The maximum Gasteiger partial charge on any atom is 0.345 e. The lowest BCUT2D eigenvalue weighted by molar-refractivity contribution is -0.276. The van der Waals surface area contributed by atoms with Gasteiger partial charge in [-0.2, -0.15) is 0 Å². The molecule has 0 radical (unpaired) electrons. The summed E-state index contributed by atoms with van der Waals surface area (Å²) in [5.41, 5.74) is -0.868. The molecule has 0 aromatic rings. The molecular weight excluding hydrogens is 364 g/mol. The van der Waals surface area contributed by atoms with Crippen molar-refractivity contribution in [2.75, 3.05) is 32.8 Å². The van der Waals surface area contributed by atoms with Crippen molar-refractivity contribution < 1.29 is 28.6 Å². The van der Waals surface area contributed by atoms with Crippen molar-refractivity contribution in [2.24, 2.45) is 0 Å². The highest BCUT2D eigenvalue weighted by Gasteiger charge is 2.63. The van der Waals surface area contributed by atoms with E-state index in [1.54, 1.807) is 9.80 Å². The third kappa shape index (κ3) is 2.47. The van der Waals surface area contributed by atoms with Gasteiger partial charge in [0.1, 0.15) is 5.57 Å². The van der Waals surface area contributed by atoms with Gasteiger partial charge in [-0.05, 0) is 33.1 Å². The highest BCUT2D eigenvalue weighted by atomic mass is 16.7. The molecule has 8 nitrogen and oxygen atoms in total. The molecular formula is C20H28N2O6. The number of amides is 2. The van der Waals surface area contributed by atoms with Crippen molar-refractivity contribution in [1.29, 1.82) is 0 Å². The Balaban J connectivity index is 1.76. The molecule has 0 bridgehead atoms. The molecule has 0 aromatic heterocycles. The number of esters is 1. The molecule has 4 aliphatic rings. The van der Waals surface area contributed by atoms with Crippen LogP contribution in [0.4, 0.5) is 0 Å². The molecule has 1 spiro atoms. The highest BCUT2D eigenvalue weighted by Crippen LogP contribution is 2.49. The van der Waals surface area contributed by atoms with E-state index in [-0.39, 0.29) is 23.4 Å². The van der Waals surface area contributed by atoms with Crippen molar-refractivity contribution in [3.05, 3.63) is 11.1 Å². The fourth-order valence-electron chi connectivity index (χ4n) is 5.06. The molecule has 4 heterocycles. The SMILES string of the molecule is CCN(CC)C(=O)C1(CC)OC(=O)C2=C1CC1N(CCC13OCCCO3)C2=O. The van der Waals surface area contributed by atoms with Crippen molar-refractivity contribution in [3.63, 3.8) is 0 Å². The Morgan fingerprint density at radius 2 is 1.86 bits per heavy atom. The van der Waals surface area contributed by atoms with Crippen LogP contribution in [0.2, 0.25) is 0 Å². The molecule has 0 aromatic carbocycles. The Hall–Kier alpha value is -1.93. The van der Waals surface area contributed by atoms with Crippen molar-refractivity contribution in [3.8, 4) is 0 Å². The minimum atomic E-state index is -1.40. The van der Waals surface area contributed by atoms with Crippen LogP contribution in [0.5, 0.6) is 0 Å². The predicted octanol–water partition coefficient (Wildman–Crippen LogP) is 0.995. The van der Waals surface area contributed by atoms with Crippen LogP contribution in [-0.2, 0) is 28.6 Å². The van der Waals surface area contributed by atoms with E-state index in [9.17, 15) is 14.4 Å². The summed E-state index contributed by atoms with van der Waals surface area (Å²) in [6.07, 6.45) is 2.04. The topological polar surface area (TPSA) is 85.4 Å². The summed E-state index contributed by atoms with van der Waals surface area (Å²) in [6, 6.07) is -0.344. The first-order valence-corrected chi connectivity index (χ1v) is 10.3. The lowest BCUT2D eigenvalue weighted by atomic mass is 9.80. The van der Waals surface area contributed by atoms with E-state index >= 15 is 0 Å². The minimum Gasteiger partial charge on any atom is -0.441 e. The van der Waals surface area contributed by atoms with Crippen molar-refractivity contribution in [1.82, 2.24) is 9.80 Å². The number of cyclic esters (lactones) is 1. The lowest BCUT2D eigenvalue weighted by Gasteiger charge is -2.43. The van der Waals surface area contributed by atoms with Gasteiger partial charge >= 0.3 is 5.97 Å². The molecule has 2 fully saturated rings. The summed E-state index contributed by atoms with van der Waals surface area (Å²) in [7, 11) is 0. The minimum absolute atomic E-state index is 0.0338. The summed E-state index contributed by atoms with van der Waals surface area (Å²) < 4.78 is 17.7. The van der Waals surface area contributed by atoms with E-state index in [1.807, 2.05) is 20.8 Å². The zero-order valence-corrected chi connectivity index (χ0v) is 16.8. The third-order valence-corrected chi connectivity index (χ3v) is 6.59. The normalized spacial score (nSPS) is 31.1. The number of carbonyl (C=O) groups excluding carboxylic acids is 3. The summed E-state index contributed by atoms with van der Waals surface area (Å²) >= 11 is 0. The second-order valence-corrected chi connectivity index (χ2v) is 7.73. The average Bonchev–Trinajstić information content (AvgIpc) is 3.20. The molecule has 4 rings (SSSR count). The number of fused-ring (bicyclic) bond motifs is 2. The fraction of sp³-hybridized carbons (Fsp3) is 0.750. The smallest absolute Gasteiger partial charge is 0.345 e. The van der Waals surface area contributed by atoms with Gasteiger partial charge in [0.25, 0.3) is 11.8 Å². The zero-order valence-electron chi connectivity index (χ0n) is 16.8. The number of likely N-dealkylation sites (N-methyl/N-ethyl adjacent to an activating group) is 1. The van der Waals surface area contributed by atoms with Crippen LogP contribution in [0.1, 0.15) is 46.5 Å². The molecule has 0 saturated carbocycles. The molecule has 2 atom stereocenters. The largest absolute Gasteiger partial charge is 0.441 e. The summed E-state index contributed by atoms with van der Waals surface area (Å²) in [5.74, 6) is -2.16. The van der Waals surface area contributed by atoms with Gasteiger partial charge in [0.2, 0.25) is 5.60 Å². The van der Waals surface area contributed by atoms with Gasteiger partial charge in [-0.1, -0.05) is 6.92 Å². The van der Waals surface area contributed by atoms with Gasteiger partial charge in [-0.15, -0.1) is 0 Å². The van der Waals surface area contributed by atoms with Crippen LogP contribution in [0.25, 0.3) is 0 Å². The maximum atomic E-state index is 13.4. The standard InChI is InChI=1S/C20H28N2O6/c1-4-19(18(25)21(5-2)6-3)13-12-14-20(26-10-7-11-27-20)8-9-22(14)16(23)15(13)17(24)28-19/h14H,4-12H2,1-3H3. The van der Waals surface area contributed by atoms with E-state index in [2.05, 4.69) is 0 Å². The second-order valence-electron chi connectivity index (χ2n) is 7.73. The number of ether oxygens (including phenoxy) is 3. The highest BCUT2D eigenvalue weighted by molar-refractivity contribution is 6.21. The van der Waals surface area contributed by atoms with E-state index in [0.29, 0.717) is 57.7 Å². The van der Waals surface area contributed by atoms with Gasteiger partial charge in [0, 0.05) is 31.6 Å². The third-order valence-electron chi connectivity index (χ3n) is 6.59. The summed E-state index contributed by atoms with van der Waals surface area (Å²) in [6.45, 7) is 8.25. The first kappa shape index (κ1) is 19.4. The van der Waals surface area contributed by atoms with Crippen LogP contribution in [0.15, 0.2) is 11.1 Å². The lowest BCUT2D eigenvalue weighted by Crippen LogP contribution is -2.57. The van der Waals surface area contributed by atoms with Crippen LogP contribution in [-0.4, -0.2) is 77.9 Å². The molecule has 2 unspecified atom stereocenters. The monoisotopic (exact) mass is 392 g/mol. The first-order valence-electron chi connectivity index (χ1n) is 10.3. The Kier molecular flexibility index (Phi) is 4.74. The van der Waals surface area contributed by atoms with Gasteiger partial charge in [-0.25, -0.2) is 4.79 Å². The van der Waals surface area contributed by atoms with Crippen molar-refractivity contribution in [2.45, 2.75) is 63.9 Å². The fourth-order valence-corrected chi connectivity index (χ4v) is 5.06. The molecule has 154 valence electrons. The molecule has 8 heteroatoms. The predicted molar refractivity (Wildman–Crippen MR) is 98.1 cm³/mol. The molecule has 0 N–H and O–H groups in total. The number of nitrogens with zero attached hydrogens (tertiary/aromatic N) is 2. The molecule has 0 aliphatic carbocycles. The van der Waals surface area contributed by atoms with E-state index in [4.69, 9.17) is 14.2 Å². The van der Waals surface area contributed by atoms with Gasteiger partial charge in [-0.3, -0.25) is 9.59 Å². The number of hydrogen-bond acceptors (Lipinski definition) is 6. The van der Waals surface area contributed by atoms with Crippen LogP contribution < -0.4 is 0 Å². The maximum absolute atomic E-state index is 13.4. The second kappa shape index (κ2) is 6.84.